The Hall–Kier alpha value is -1.60. The van der Waals surface area contributed by atoms with Gasteiger partial charge in [0.1, 0.15) is 0 Å². The minimum atomic E-state index is -3.31. The molecule has 7 heteroatoms. The molecule has 0 radical (unpaired) electrons. The highest BCUT2D eigenvalue weighted by molar-refractivity contribution is 7.91. The molecular formula is C16H24N2O4S. The number of hydrogen-bond donors (Lipinski definition) is 3. The van der Waals surface area contributed by atoms with E-state index in [-0.39, 0.29) is 24.4 Å². The zero-order chi connectivity index (χ0) is 16.7. The largest absolute Gasteiger partial charge is 0.391 e. The van der Waals surface area contributed by atoms with E-state index in [2.05, 4.69) is 10.6 Å². The van der Waals surface area contributed by atoms with Gasteiger partial charge in [-0.25, -0.2) is 13.2 Å². The van der Waals surface area contributed by atoms with Crippen LogP contribution < -0.4 is 10.6 Å². The third-order valence-corrected chi connectivity index (χ3v) is 5.84. The van der Waals surface area contributed by atoms with Gasteiger partial charge in [0.15, 0.2) is 9.84 Å². The number of aliphatic hydroxyl groups is 1. The topological polar surface area (TPSA) is 95.5 Å². The Morgan fingerprint density at radius 3 is 2.57 bits per heavy atom. The van der Waals surface area contributed by atoms with Crippen LogP contribution in [0.3, 0.4) is 0 Å². The number of hydrogen-bond acceptors (Lipinski definition) is 4. The Morgan fingerprint density at radius 1 is 1.17 bits per heavy atom. The minimum Gasteiger partial charge on any atom is -0.391 e. The molecular weight excluding hydrogens is 316 g/mol. The van der Waals surface area contributed by atoms with Crippen molar-refractivity contribution in [2.45, 2.75) is 49.1 Å². The maximum atomic E-state index is 12.1. The van der Waals surface area contributed by atoms with E-state index in [1.165, 1.54) is 0 Å². The zero-order valence-electron chi connectivity index (χ0n) is 13.1. The summed E-state index contributed by atoms with van der Waals surface area (Å²) >= 11 is 0. The van der Waals surface area contributed by atoms with Crippen LogP contribution in [0.5, 0.6) is 0 Å². The molecule has 2 unspecified atom stereocenters. The highest BCUT2D eigenvalue weighted by atomic mass is 32.2. The number of sulfone groups is 1. The summed E-state index contributed by atoms with van der Waals surface area (Å²) in [4.78, 5) is 12.1. The van der Waals surface area contributed by atoms with Crippen molar-refractivity contribution in [3.63, 3.8) is 0 Å². The summed E-state index contributed by atoms with van der Waals surface area (Å²) in [6.45, 7) is 0.278. The lowest BCUT2D eigenvalue weighted by Crippen LogP contribution is -2.49. The molecule has 0 aliphatic heterocycles. The molecule has 23 heavy (non-hydrogen) atoms. The van der Waals surface area contributed by atoms with Crippen molar-refractivity contribution in [1.82, 2.24) is 10.6 Å². The van der Waals surface area contributed by atoms with Crippen LogP contribution in [0.4, 0.5) is 4.79 Å². The lowest BCUT2D eigenvalue weighted by Gasteiger charge is -2.28. The average molecular weight is 340 g/mol. The van der Waals surface area contributed by atoms with Gasteiger partial charge in [-0.05, 0) is 31.4 Å². The fraction of sp³-hybridized carbons (Fsp3) is 0.562. The highest BCUT2D eigenvalue weighted by Crippen LogP contribution is 2.18. The average Bonchev–Trinajstić information content (AvgIpc) is 2.55. The van der Waals surface area contributed by atoms with Crippen molar-refractivity contribution in [3.8, 4) is 0 Å². The molecule has 2 rings (SSSR count). The first-order valence-electron chi connectivity index (χ1n) is 7.99. The SMILES string of the molecule is O=C(NCCCS(=O)(=O)c1ccccc1)NC1CCCCC1O. The fourth-order valence-electron chi connectivity index (χ4n) is 2.71. The van der Waals surface area contributed by atoms with Gasteiger partial charge in [0.25, 0.3) is 0 Å². The Morgan fingerprint density at radius 2 is 1.87 bits per heavy atom. The molecule has 1 fully saturated rings. The first-order valence-corrected chi connectivity index (χ1v) is 9.64. The standard InChI is InChI=1S/C16H24N2O4S/c19-15-10-5-4-9-14(15)18-16(20)17-11-6-12-23(21,22)13-7-2-1-3-8-13/h1-3,7-8,14-15,19H,4-6,9-12H2,(H2,17,18,20). The van der Waals surface area contributed by atoms with Crippen LogP contribution in [-0.2, 0) is 9.84 Å². The Kier molecular flexibility index (Phi) is 6.41. The van der Waals surface area contributed by atoms with Crippen molar-refractivity contribution in [2.75, 3.05) is 12.3 Å². The molecule has 0 heterocycles. The van der Waals surface area contributed by atoms with E-state index >= 15 is 0 Å². The van der Waals surface area contributed by atoms with Gasteiger partial charge < -0.3 is 15.7 Å². The van der Waals surface area contributed by atoms with E-state index in [1.54, 1.807) is 30.3 Å². The molecule has 0 bridgehead atoms. The molecule has 1 aromatic rings. The van der Waals surface area contributed by atoms with Gasteiger partial charge in [0.05, 0.1) is 22.8 Å². The summed E-state index contributed by atoms with van der Waals surface area (Å²) in [5.74, 6) is -0.0106. The zero-order valence-corrected chi connectivity index (χ0v) is 13.9. The second-order valence-electron chi connectivity index (χ2n) is 5.84. The molecule has 1 aliphatic rings. The van der Waals surface area contributed by atoms with Crippen LogP contribution in [0.25, 0.3) is 0 Å². The normalized spacial score (nSPS) is 21.6. The number of carbonyl (C=O) groups excluding carboxylic acids is 1. The minimum absolute atomic E-state index is 0.0106. The number of carbonyl (C=O) groups is 1. The molecule has 128 valence electrons. The van der Waals surface area contributed by atoms with Crippen LogP contribution in [0, 0.1) is 0 Å². The van der Waals surface area contributed by atoms with Crippen LogP contribution in [0.2, 0.25) is 0 Å². The lowest BCUT2D eigenvalue weighted by atomic mass is 9.93. The third-order valence-electron chi connectivity index (χ3n) is 4.02. The quantitative estimate of drug-likeness (QED) is 0.683. The van der Waals surface area contributed by atoms with E-state index in [9.17, 15) is 18.3 Å². The van der Waals surface area contributed by atoms with Gasteiger partial charge in [-0.1, -0.05) is 31.0 Å². The van der Waals surface area contributed by atoms with Crippen molar-refractivity contribution in [1.29, 1.82) is 0 Å². The summed E-state index contributed by atoms with van der Waals surface area (Å²) in [5.41, 5.74) is 0. The third kappa shape index (κ3) is 5.51. The number of nitrogens with one attached hydrogen (secondary N) is 2. The van der Waals surface area contributed by atoms with Crippen LogP contribution in [0.15, 0.2) is 35.2 Å². The smallest absolute Gasteiger partial charge is 0.315 e. The van der Waals surface area contributed by atoms with Gasteiger partial charge in [-0.3, -0.25) is 0 Å². The predicted molar refractivity (Wildman–Crippen MR) is 87.9 cm³/mol. The summed E-state index contributed by atoms with van der Waals surface area (Å²) in [5, 5.41) is 15.2. The molecule has 0 saturated heterocycles. The molecule has 6 nitrogen and oxygen atoms in total. The Balaban J connectivity index is 1.69. The number of rotatable bonds is 6. The molecule has 2 amide bonds. The van der Waals surface area contributed by atoms with Gasteiger partial charge >= 0.3 is 6.03 Å². The summed E-state index contributed by atoms with van der Waals surface area (Å²) in [6.07, 6.45) is 3.32. The molecule has 1 aliphatic carbocycles. The first-order chi connectivity index (χ1) is 11.0. The van der Waals surface area contributed by atoms with E-state index in [0.29, 0.717) is 17.7 Å². The highest BCUT2D eigenvalue weighted by Gasteiger charge is 2.24. The monoisotopic (exact) mass is 340 g/mol. The summed E-state index contributed by atoms with van der Waals surface area (Å²) < 4.78 is 24.2. The van der Waals surface area contributed by atoms with Crippen molar-refractivity contribution in [3.05, 3.63) is 30.3 Å². The predicted octanol–water partition coefficient (Wildman–Crippen LogP) is 1.45. The van der Waals surface area contributed by atoms with Gasteiger partial charge in [0, 0.05) is 6.54 Å². The van der Waals surface area contributed by atoms with Crippen LogP contribution in [0.1, 0.15) is 32.1 Å². The van der Waals surface area contributed by atoms with Crippen LogP contribution in [-0.4, -0.2) is 44.0 Å². The molecule has 1 aromatic carbocycles. The van der Waals surface area contributed by atoms with Gasteiger partial charge in [0.2, 0.25) is 0 Å². The number of aliphatic hydroxyl groups excluding tert-OH is 1. The molecule has 3 N–H and O–H groups in total. The Bertz CT molecular complexity index is 604. The summed E-state index contributed by atoms with van der Waals surface area (Å²) in [6, 6.07) is 7.72. The van der Waals surface area contributed by atoms with E-state index < -0.39 is 15.9 Å². The fourth-order valence-corrected chi connectivity index (χ4v) is 4.04. The maximum absolute atomic E-state index is 12.1. The second kappa shape index (κ2) is 8.31. The number of urea groups is 1. The number of amides is 2. The molecule has 0 aromatic heterocycles. The van der Waals surface area contributed by atoms with Crippen molar-refractivity contribution in [2.24, 2.45) is 0 Å². The van der Waals surface area contributed by atoms with Crippen LogP contribution >= 0.6 is 0 Å². The number of benzene rings is 1. The van der Waals surface area contributed by atoms with E-state index in [1.807, 2.05) is 0 Å². The van der Waals surface area contributed by atoms with Crippen molar-refractivity contribution < 1.29 is 18.3 Å². The first kappa shape index (κ1) is 17.7. The summed E-state index contributed by atoms with van der Waals surface area (Å²) in [7, 11) is -3.31. The molecule has 1 saturated carbocycles. The Labute approximate surface area is 137 Å². The lowest BCUT2D eigenvalue weighted by molar-refractivity contribution is 0.0943. The van der Waals surface area contributed by atoms with Crippen molar-refractivity contribution >= 4 is 15.9 Å². The molecule has 2 atom stereocenters. The maximum Gasteiger partial charge on any atom is 0.315 e. The molecule has 0 spiro atoms. The second-order valence-corrected chi connectivity index (χ2v) is 7.95. The van der Waals surface area contributed by atoms with E-state index in [0.717, 1.165) is 19.3 Å². The van der Waals surface area contributed by atoms with E-state index in [4.69, 9.17) is 0 Å². The van der Waals surface area contributed by atoms with Gasteiger partial charge in [-0.15, -0.1) is 0 Å². The van der Waals surface area contributed by atoms with Gasteiger partial charge in [-0.2, -0.15) is 0 Å².